The second kappa shape index (κ2) is 9.58. The highest BCUT2D eigenvalue weighted by Gasteiger charge is 2.27. The highest BCUT2D eigenvalue weighted by atomic mass is 32.2. The van der Waals surface area contributed by atoms with Crippen molar-refractivity contribution in [1.29, 1.82) is 0 Å². The molecule has 2 heterocycles. The zero-order valence-electron chi connectivity index (χ0n) is 18.3. The maximum absolute atomic E-state index is 13.4. The summed E-state index contributed by atoms with van der Waals surface area (Å²) >= 11 is 8.55. The quantitative estimate of drug-likeness (QED) is 0.289. The molecule has 1 aliphatic rings. The summed E-state index contributed by atoms with van der Waals surface area (Å²) in [5, 5.41) is 0. The van der Waals surface area contributed by atoms with Gasteiger partial charge in [-0.05, 0) is 54.2 Å². The summed E-state index contributed by atoms with van der Waals surface area (Å²) < 4.78 is 7.22. The molecular formula is C26H20N2O3S3. The van der Waals surface area contributed by atoms with Crippen molar-refractivity contribution in [3.8, 4) is 16.2 Å². The van der Waals surface area contributed by atoms with E-state index in [1.807, 2.05) is 72.8 Å². The molecule has 0 unspecified atom stereocenters. The van der Waals surface area contributed by atoms with Gasteiger partial charge in [0.2, 0.25) is 5.91 Å². The second-order valence-electron chi connectivity index (χ2n) is 7.62. The Morgan fingerprint density at radius 1 is 0.941 bits per heavy atom. The van der Waals surface area contributed by atoms with E-state index in [1.54, 1.807) is 29.8 Å². The molecule has 170 valence electrons. The van der Waals surface area contributed by atoms with Crippen molar-refractivity contribution in [1.82, 2.24) is 4.57 Å². The number of nitrogens with zero attached hydrogens (tertiary/aromatic N) is 2. The SMILES string of the molecule is COc1cccc(-c2cc(=O)n(CCC(=O)N3c4ccccc4Sc4ccccc43)c(=S)s2)c1. The number of benzene rings is 3. The number of amides is 1. The molecule has 1 aliphatic heterocycles. The van der Waals surface area contributed by atoms with Gasteiger partial charge in [0, 0.05) is 33.7 Å². The monoisotopic (exact) mass is 504 g/mol. The Balaban J connectivity index is 1.42. The van der Waals surface area contributed by atoms with Crippen molar-refractivity contribution in [3.63, 3.8) is 0 Å². The van der Waals surface area contributed by atoms with E-state index in [-0.39, 0.29) is 24.4 Å². The second-order valence-corrected chi connectivity index (χ2v) is 10.4. The van der Waals surface area contributed by atoms with Crippen molar-refractivity contribution >= 4 is 52.6 Å². The molecule has 1 aromatic heterocycles. The molecule has 0 saturated carbocycles. The van der Waals surface area contributed by atoms with Crippen LogP contribution in [0.15, 0.2) is 93.4 Å². The Morgan fingerprint density at radius 3 is 2.26 bits per heavy atom. The average Bonchev–Trinajstić information content (AvgIpc) is 2.86. The van der Waals surface area contributed by atoms with Gasteiger partial charge in [0.1, 0.15) is 5.75 Å². The van der Waals surface area contributed by atoms with Gasteiger partial charge in [-0.3, -0.25) is 19.1 Å². The Hall–Kier alpha value is -3.20. The van der Waals surface area contributed by atoms with Crippen LogP contribution in [0, 0.1) is 3.95 Å². The molecule has 1 amide bonds. The summed E-state index contributed by atoms with van der Waals surface area (Å²) in [6, 6.07) is 24.8. The number of hydrogen-bond donors (Lipinski definition) is 0. The van der Waals surface area contributed by atoms with E-state index in [0.717, 1.165) is 31.6 Å². The van der Waals surface area contributed by atoms with Crippen molar-refractivity contribution in [2.75, 3.05) is 12.0 Å². The smallest absolute Gasteiger partial charge is 0.253 e. The maximum Gasteiger partial charge on any atom is 0.253 e. The van der Waals surface area contributed by atoms with Crippen molar-refractivity contribution in [2.24, 2.45) is 0 Å². The molecule has 34 heavy (non-hydrogen) atoms. The number of ether oxygens (including phenoxy) is 1. The van der Waals surface area contributed by atoms with Crippen LogP contribution in [0.1, 0.15) is 6.42 Å². The van der Waals surface area contributed by atoms with Crippen LogP contribution in [0.4, 0.5) is 11.4 Å². The summed E-state index contributed by atoms with van der Waals surface area (Å²) in [7, 11) is 1.61. The molecule has 4 aromatic rings. The van der Waals surface area contributed by atoms with Gasteiger partial charge < -0.3 is 4.74 Å². The minimum atomic E-state index is -0.218. The zero-order valence-corrected chi connectivity index (χ0v) is 20.7. The number of carbonyl (C=O) groups is 1. The third kappa shape index (κ3) is 4.32. The highest BCUT2D eigenvalue weighted by molar-refractivity contribution is 7.99. The van der Waals surface area contributed by atoms with E-state index < -0.39 is 0 Å². The molecule has 0 bridgehead atoms. The summed E-state index contributed by atoms with van der Waals surface area (Å²) in [4.78, 5) is 30.9. The average molecular weight is 505 g/mol. The molecule has 0 saturated heterocycles. The number of anilines is 2. The predicted molar refractivity (Wildman–Crippen MR) is 140 cm³/mol. The van der Waals surface area contributed by atoms with E-state index >= 15 is 0 Å². The third-order valence-electron chi connectivity index (χ3n) is 5.52. The van der Waals surface area contributed by atoms with Crippen LogP contribution < -0.4 is 15.2 Å². The van der Waals surface area contributed by atoms with Crippen molar-refractivity contribution in [2.45, 2.75) is 22.8 Å². The van der Waals surface area contributed by atoms with Gasteiger partial charge >= 0.3 is 0 Å². The van der Waals surface area contributed by atoms with E-state index in [2.05, 4.69) is 0 Å². The Labute approximate surface area is 210 Å². The lowest BCUT2D eigenvalue weighted by atomic mass is 10.2. The van der Waals surface area contributed by atoms with Crippen molar-refractivity contribution in [3.05, 3.63) is 93.2 Å². The first-order valence-corrected chi connectivity index (χ1v) is 12.7. The van der Waals surface area contributed by atoms with E-state index in [0.29, 0.717) is 9.70 Å². The van der Waals surface area contributed by atoms with Crippen LogP contribution in [-0.2, 0) is 11.3 Å². The van der Waals surface area contributed by atoms with Gasteiger partial charge in [-0.25, -0.2) is 0 Å². The molecule has 0 fully saturated rings. The normalized spacial score (nSPS) is 12.1. The van der Waals surface area contributed by atoms with Crippen LogP contribution in [0.2, 0.25) is 0 Å². The number of aromatic nitrogens is 1. The fourth-order valence-corrected chi connectivity index (χ4v) is 6.26. The van der Waals surface area contributed by atoms with Gasteiger partial charge in [0.05, 0.1) is 18.5 Å². The number of para-hydroxylation sites is 2. The largest absolute Gasteiger partial charge is 0.497 e. The standard InChI is InChI=1S/C26H20N2O3S3/c1-31-18-8-6-7-17(15-18)23-16-25(30)27(26(32)34-23)14-13-24(29)28-19-9-2-4-11-21(19)33-22-12-5-3-10-20(22)28/h2-12,15-16H,13-14H2,1H3. The van der Waals surface area contributed by atoms with E-state index in [4.69, 9.17) is 17.0 Å². The number of fused-ring (bicyclic) bond motifs is 2. The number of carbonyl (C=O) groups excluding carboxylic acids is 1. The first-order chi connectivity index (χ1) is 16.5. The maximum atomic E-state index is 13.4. The van der Waals surface area contributed by atoms with Gasteiger partial charge in [-0.15, -0.1) is 11.3 Å². The van der Waals surface area contributed by atoms with Crippen LogP contribution in [0.25, 0.3) is 10.4 Å². The highest BCUT2D eigenvalue weighted by Crippen LogP contribution is 2.48. The number of rotatable bonds is 5. The fraction of sp³-hybridized carbons (Fsp3) is 0.115. The lowest BCUT2D eigenvalue weighted by molar-refractivity contribution is -0.118. The Kier molecular flexibility index (Phi) is 6.36. The van der Waals surface area contributed by atoms with Crippen LogP contribution >= 0.6 is 35.3 Å². The molecule has 0 aliphatic carbocycles. The lowest BCUT2D eigenvalue weighted by Crippen LogP contribution is -2.30. The number of methoxy groups -OCH3 is 1. The van der Waals surface area contributed by atoms with Gasteiger partial charge in [-0.2, -0.15) is 0 Å². The molecule has 0 atom stereocenters. The minimum absolute atomic E-state index is 0.0802. The predicted octanol–water partition coefficient (Wildman–Crippen LogP) is 6.53. The minimum Gasteiger partial charge on any atom is -0.497 e. The third-order valence-corrected chi connectivity index (χ3v) is 8.09. The summed E-state index contributed by atoms with van der Waals surface area (Å²) in [6.45, 7) is 0.222. The van der Waals surface area contributed by atoms with E-state index in [1.165, 1.54) is 15.9 Å². The van der Waals surface area contributed by atoms with E-state index in [9.17, 15) is 9.59 Å². The molecule has 5 rings (SSSR count). The first-order valence-electron chi connectivity index (χ1n) is 10.6. The van der Waals surface area contributed by atoms with Gasteiger partial charge in [-0.1, -0.05) is 48.2 Å². The summed E-state index contributed by atoms with van der Waals surface area (Å²) in [5.74, 6) is 0.633. The first kappa shape index (κ1) is 22.6. The van der Waals surface area contributed by atoms with Crippen molar-refractivity contribution < 1.29 is 9.53 Å². The summed E-state index contributed by atoms with van der Waals surface area (Å²) in [5.41, 5.74) is 2.37. The molecule has 0 N–H and O–H groups in total. The summed E-state index contributed by atoms with van der Waals surface area (Å²) in [6.07, 6.45) is 0.155. The topological polar surface area (TPSA) is 51.5 Å². The molecular weight excluding hydrogens is 484 g/mol. The Bertz CT molecular complexity index is 1430. The van der Waals surface area contributed by atoms with Gasteiger partial charge in [0.25, 0.3) is 5.56 Å². The number of hydrogen-bond acceptors (Lipinski definition) is 6. The van der Waals surface area contributed by atoms with Gasteiger partial charge in [0.15, 0.2) is 3.95 Å². The molecule has 0 spiro atoms. The molecule has 3 aromatic carbocycles. The molecule has 8 heteroatoms. The molecule has 0 radical (unpaired) electrons. The van der Waals surface area contributed by atoms with Crippen LogP contribution in [-0.4, -0.2) is 17.6 Å². The Morgan fingerprint density at radius 2 is 1.62 bits per heavy atom. The molecule has 5 nitrogen and oxygen atoms in total. The van der Waals surface area contributed by atoms with Crippen LogP contribution in [0.3, 0.4) is 0 Å². The zero-order chi connectivity index (χ0) is 23.7. The lowest BCUT2D eigenvalue weighted by Gasteiger charge is -2.31. The van der Waals surface area contributed by atoms with Crippen LogP contribution in [0.5, 0.6) is 5.75 Å². The fourth-order valence-electron chi connectivity index (χ4n) is 3.87.